The lowest BCUT2D eigenvalue weighted by Gasteiger charge is -2.23. The Morgan fingerprint density at radius 1 is 1.03 bits per heavy atom. The number of amides is 1. The predicted molar refractivity (Wildman–Crippen MR) is 130 cm³/mol. The average molecular weight is 491 g/mol. The molecule has 1 unspecified atom stereocenters. The first-order valence-electron chi connectivity index (χ1n) is 12.0. The summed E-state index contributed by atoms with van der Waals surface area (Å²) in [5.74, 6) is -2.05. The number of rotatable bonds is 4. The van der Waals surface area contributed by atoms with Gasteiger partial charge in [0.15, 0.2) is 11.6 Å². The minimum Gasteiger partial charge on any atom is -0.337 e. The summed E-state index contributed by atoms with van der Waals surface area (Å²) in [6, 6.07) is 11.0. The number of aromatic amines is 1. The van der Waals surface area contributed by atoms with Gasteiger partial charge in [0.1, 0.15) is 5.69 Å². The van der Waals surface area contributed by atoms with E-state index in [2.05, 4.69) is 20.2 Å². The highest BCUT2D eigenvalue weighted by Gasteiger charge is 2.32. The normalized spacial score (nSPS) is 18.4. The summed E-state index contributed by atoms with van der Waals surface area (Å²) in [6.45, 7) is 3.71. The zero-order valence-corrected chi connectivity index (χ0v) is 19.5. The quantitative estimate of drug-likeness (QED) is 0.474. The van der Waals surface area contributed by atoms with Crippen LogP contribution in [0.25, 0.3) is 27.8 Å². The third kappa shape index (κ3) is 4.07. The monoisotopic (exact) mass is 490 g/mol. The number of nitrogens with zero attached hydrogens (tertiary/aromatic N) is 5. The fourth-order valence-electron chi connectivity index (χ4n) is 5.20. The molecule has 0 radical (unpaired) electrons. The molecule has 0 spiro atoms. The third-order valence-electron chi connectivity index (χ3n) is 7.12. The van der Waals surface area contributed by atoms with Gasteiger partial charge in [0.05, 0.1) is 23.0 Å². The first kappa shape index (κ1) is 22.5. The van der Waals surface area contributed by atoms with E-state index >= 15 is 0 Å². The molecule has 4 heterocycles. The molecule has 2 aliphatic rings. The third-order valence-corrected chi connectivity index (χ3v) is 7.12. The van der Waals surface area contributed by atoms with Crippen LogP contribution in [0.2, 0.25) is 0 Å². The number of pyridine rings is 1. The van der Waals surface area contributed by atoms with E-state index in [-0.39, 0.29) is 22.7 Å². The van der Waals surface area contributed by atoms with E-state index in [1.165, 1.54) is 23.6 Å². The zero-order chi connectivity index (χ0) is 24.8. The lowest BCUT2D eigenvalue weighted by atomic mass is 10.1. The van der Waals surface area contributed by atoms with Gasteiger partial charge in [-0.05, 0) is 62.7 Å². The maximum atomic E-state index is 13.7. The summed E-state index contributed by atoms with van der Waals surface area (Å²) in [5, 5.41) is 8.56. The van der Waals surface area contributed by atoms with Gasteiger partial charge >= 0.3 is 0 Å². The first-order chi connectivity index (χ1) is 17.5. The highest BCUT2D eigenvalue weighted by Crippen LogP contribution is 2.24. The standard InChI is InChI=1S/C26H24F2N6O2/c27-21-12-17-11-20(25(35)29-23(17)13-22(21)28)24-15-34(31-30-24)18-5-3-4-16(10-18)26(36)33-9-6-19(14-33)32-7-1-2-8-32/h3-5,10-13,15,19H,1-2,6-9,14H2,(H,29,35). The van der Waals surface area contributed by atoms with Crippen molar-refractivity contribution < 1.29 is 13.6 Å². The molecule has 2 aromatic heterocycles. The smallest absolute Gasteiger partial charge is 0.258 e. The molecule has 2 fully saturated rings. The largest absolute Gasteiger partial charge is 0.337 e. The lowest BCUT2D eigenvalue weighted by molar-refractivity contribution is 0.0780. The molecule has 2 aliphatic heterocycles. The van der Waals surface area contributed by atoms with Crippen molar-refractivity contribution in [2.24, 2.45) is 0 Å². The first-order valence-corrected chi connectivity index (χ1v) is 12.0. The van der Waals surface area contributed by atoms with Crippen molar-refractivity contribution in [3.05, 3.63) is 76.2 Å². The zero-order valence-electron chi connectivity index (χ0n) is 19.5. The maximum absolute atomic E-state index is 13.7. The second-order valence-electron chi connectivity index (χ2n) is 9.40. The summed E-state index contributed by atoms with van der Waals surface area (Å²) in [4.78, 5) is 32.7. The number of hydrogen-bond donors (Lipinski definition) is 1. The molecule has 0 saturated carbocycles. The van der Waals surface area contributed by atoms with Gasteiger partial charge in [0.25, 0.3) is 11.5 Å². The van der Waals surface area contributed by atoms with Crippen LogP contribution >= 0.6 is 0 Å². The van der Waals surface area contributed by atoms with Crippen LogP contribution in [0.1, 0.15) is 29.6 Å². The predicted octanol–water partition coefficient (Wildman–Crippen LogP) is 3.36. The number of carbonyl (C=O) groups excluding carboxylic acids is 1. The van der Waals surface area contributed by atoms with Crippen LogP contribution in [-0.4, -0.2) is 67.9 Å². The fourth-order valence-corrected chi connectivity index (χ4v) is 5.20. The van der Waals surface area contributed by atoms with Crippen LogP contribution in [0.5, 0.6) is 0 Å². The van der Waals surface area contributed by atoms with Crippen molar-refractivity contribution in [3.8, 4) is 16.9 Å². The van der Waals surface area contributed by atoms with Gasteiger partial charge in [-0.1, -0.05) is 11.3 Å². The Bertz CT molecular complexity index is 1520. The fraction of sp³-hybridized carbons (Fsp3) is 0.308. The van der Waals surface area contributed by atoms with E-state index < -0.39 is 17.2 Å². The number of aromatic nitrogens is 4. The second-order valence-corrected chi connectivity index (χ2v) is 9.40. The number of fused-ring (bicyclic) bond motifs is 1. The molecule has 36 heavy (non-hydrogen) atoms. The lowest BCUT2D eigenvalue weighted by Crippen LogP contribution is -2.37. The Morgan fingerprint density at radius 2 is 1.83 bits per heavy atom. The van der Waals surface area contributed by atoms with E-state index in [0.29, 0.717) is 22.7 Å². The molecule has 4 aromatic rings. The summed E-state index contributed by atoms with van der Waals surface area (Å²) < 4.78 is 28.7. The highest BCUT2D eigenvalue weighted by molar-refractivity contribution is 5.95. The molecule has 0 aliphatic carbocycles. The van der Waals surface area contributed by atoms with Crippen molar-refractivity contribution in [2.75, 3.05) is 26.2 Å². The van der Waals surface area contributed by atoms with Crippen LogP contribution in [-0.2, 0) is 0 Å². The van der Waals surface area contributed by atoms with Crippen molar-refractivity contribution in [3.63, 3.8) is 0 Å². The number of H-pyrrole nitrogens is 1. The second kappa shape index (κ2) is 8.94. The molecule has 8 nitrogen and oxygen atoms in total. The number of benzene rings is 2. The molecule has 2 aromatic carbocycles. The molecule has 184 valence electrons. The van der Waals surface area contributed by atoms with E-state index in [1.807, 2.05) is 4.90 Å². The number of hydrogen-bond acceptors (Lipinski definition) is 5. The van der Waals surface area contributed by atoms with Crippen molar-refractivity contribution in [2.45, 2.75) is 25.3 Å². The van der Waals surface area contributed by atoms with Crippen LogP contribution < -0.4 is 5.56 Å². The Labute approximate surface area is 205 Å². The van der Waals surface area contributed by atoms with Crippen LogP contribution in [0.15, 0.2) is 53.5 Å². The SMILES string of the molecule is O=C(c1cccc(-n2cc(-c3cc4cc(F)c(F)cc4[nH]c3=O)nn2)c1)N1CCC(N2CCCC2)C1. The number of carbonyl (C=O) groups is 1. The van der Waals surface area contributed by atoms with Gasteiger partial charge in [-0.2, -0.15) is 0 Å². The number of halogens is 2. The highest BCUT2D eigenvalue weighted by atomic mass is 19.2. The molecule has 1 amide bonds. The topological polar surface area (TPSA) is 87.1 Å². The molecular weight excluding hydrogens is 466 g/mol. The Kier molecular flexibility index (Phi) is 5.60. The van der Waals surface area contributed by atoms with E-state index in [1.54, 1.807) is 30.5 Å². The van der Waals surface area contributed by atoms with E-state index in [9.17, 15) is 18.4 Å². The number of likely N-dealkylation sites (tertiary alicyclic amines) is 2. The van der Waals surface area contributed by atoms with Gasteiger partial charge < -0.3 is 9.88 Å². The Balaban J connectivity index is 1.25. The summed E-state index contributed by atoms with van der Waals surface area (Å²) in [7, 11) is 0. The van der Waals surface area contributed by atoms with Gasteiger partial charge in [-0.25, -0.2) is 13.5 Å². The minimum absolute atomic E-state index is 0.0147. The van der Waals surface area contributed by atoms with Crippen molar-refractivity contribution in [1.29, 1.82) is 0 Å². The molecule has 6 rings (SSSR count). The molecule has 10 heteroatoms. The summed E-state index contributed by atoms with van der Waals surface area (Å²) in [6.07, 6.45) is 5.02. The molecular formula is C26H24F2N6O2. The van der Waals surface area contributed by atoms with Crippen LogP contribution in [0.3, 0.4) is 0 Å². The maximum Gasteiger partial charge on any atom is 0.258 e. The van der Waals surface area contributed by atoms with Gasteiger partial charge in [-0.3, -0.25) is 14.5 Å². The van der Waals surface area contributed by atoms with E-state index in [0.717, 1.165) is 44.7 Å². The molecule has 2 saturated heterocycles. The van der Waals surface area contributed by atoms with Crippen molar-refractivity contribution in [1.82, 2.24) is 29.8 Å². The van der Waals surface area contributed by atoms with Crippen LogP contribution in [0.4, 0.5) is 8.78 Å². The van der Waals surface area contributed by atoms with Crippen LogP contribution in [0, 0.1) is 11.6 Å². The van der Waals surface area contributed by atoms with E-state index in [4.69, 9.17) is 0 Å². The molecule has 1 N–H and O–H groups in total. The average Bonchev–Trinajstić information content (AvgIpc) is 3.66. The summed E-state index contributed by atoms with van der Waals surface area (Å²) in [5.41, 5.74) is 1.33. The van der Waals surface area contributed by atoms with Crippen molar-refractivity contribution >= 4 is 16.8 Å². The van der Waals surface area contributed by atoms with Gasteiger partial charge in [0, 0.05) is 36.1 Å². The molecule has 0 bridgehead atoms. The minimum atomic E-state index is -1.04. The Morgan fingerprint density at radius 3 is 2.67 bits per heavy atom. The van der Waals surface area contributed by atoms with Gasteiger partial charge in [-0.15, -0.1) is 5.10 Å². The van der Waals surface area contributed by atoms with Gasteiger partial charge in [0.2, 0.25) is 0 Å². The number of nitrogens with one attached hydrogen (secondary N) is 1. The Hall–Kier alpha value is -3.92. The summed E-state index contributed by atoms with van der Waals surface area (Å²) >= 11 is 0. The molecule has 1 atom stereocenters.